The number of aromatic nitrogens is 6. The van der Waals surface area contributed by atoms with Gasteiger partial charge in [-0.05, 0) is 12.8 Å². The lowest BCUT2D eigenvalue weighted by molar-refractivity contribution is -0.118. The maximum absolute atomic E-state index is 11.0. The Kier molecular flexibility index (Phi) is 4.27. The van der Waals surface area contributed by atoms with Crippen molar-refractivity contribution in [2.45, 2.75) is 25.3 Å². The first kappa shape index (κ1) is 17.5. The summed E-state index contributed by atoms with van der Waals surface area (Å²) >= 11 is 0. The van der Waals surface area contributed by atoms with Crippen molar-refractivity contribution in [2.24, 2.45) is 0 Å². The van der Waals surface area contributed by atoms with Gasteiger partial charge >= 0.3 is 0 Å². The summed E-state index contributed by atoms with van der Waals surface area (Å²) in [6, 6.07) is 2.03. The monoisotopic (exact) mass is 391 g/mol. The fourth-order valence-corrected chi connectivity index (χ4v) is 3.54. The zero-order valence-corrected chi connectivity index (χ0v) is 15.9. The lowest BCUT2D eigenvalue weighted by Crippen LogP contribution is -2.46. The molecular weight excluding hydrogens is 370 g/mol. The van der Waals surface area contributed by atoms with Crippen molar-refractivity contribution < 1.29 is 4.79 Å². The summed E-state index contributed by atoms with van der Waals surface area (Å²) in [5.41, 5.74) is 1.82. The van der Waals surface area contributed by atoms with E-state index < -0.39 is 0 Å². The van der Waals surface area contributed by atoms with Gasteiger partial charge in [0.2, 0.25) is 12.4 Å². The van der Waals surface area contributed by atoms with Crippen molar-refractivity contribution in [2.75, 3.05) is 36.4 Å². The first-order valence-corrected chi connectivity index (χ1v) is 9.69. The third-order valence-corrected chi connectivity index (χ3v) is 5.33. The highest BCUT2D eigenvalue weighted by molar-refractivity contribution is 5.89. The molecular formula is C19H21N9O. The van der Waals surface area contributed by atoms with E-state index in [0.717, 1.165) is 17.5 Å². The summed E-state index contributed by atoms with van der Waals surface area (Å²) in [4.78, 5) is 24.3. The van der Waals surface area contributed by atoms with Gasteiger partial charge in [-0.3, -0.25) is 9.89 Å². The first-order valence-electron chi connectivity index (χ1n) is 9.69. The number of fused-ring (bicyclic) bond motifs is 1. The second-order valence-electron chi connectivity index (χ2n) is 7.35. The van der Waals surface area contributed by atoms with E-state index in [2.05, 4.69) is 31.4 Å². The summed E-state index contributed by atoms with van der Waals surface area (Å²) in [5.74, 6) is 5.14. The molecule has 1 aliphatic heterocycles. The number of carbonyl (C=O) groups excluding carboxylic acids is 1. The van der Waals surface area contributed by atoms with Gasteiger partial charge < -0.3 is 15.1 Å². The molecule has 2 fully saturated rings. The van der Waals surface area contributed by atoms with Gasteiger partial charge in [0.1, 0.15) is 12.4 Å². The summed E-state index contributed by atoms with van der Waals surface area (Å²) in [6.45, 7) is 2.94. The van der Waals surface area contributed by atoms with Crippen molar-refractivity contribution in [3.8, 4) is 12.3 Å². The second kappa shape index (κ2) is 7.09. The highest BCUT2D eigenvalue weighted by atomic mass is 16.1. The third-order valence-electron chi connectivity index (χ3n) is 5.33. The number of nitrogens with zero attached hydrogens (tertiary/aromatic N) is 7. The molecule has 2 N–H and O–H groups in total. The van der Waals surface area contributed by atoms with Crippen molar-refractivity contribution in [3.63, 3.8) is 0 Å². The fourth-order valence-electron chi connectivity index (χ4n) is 3.54. The Labute approximate surface area is 167 Å². The average molecular weight is 391 g/mol. The highest BCUT2D eigenvalue weighted by Crippen LogP contribution is 2.39. The SMILES string of the molecule is C#CCn1ncc2c(Nc3cc(C4CC4)[nH]n3)nc(N3CCN(C=O)CC3)nc21. The highest BCUT2D eigenvalue weighted by Gasteiger charge is 2.26. The quantitative estimate of drug-likeness (QED) is 0.478. The van der Waals surface area contributed by atoms with E-state index in [-0.39, 0.29) is 0 Å². The number of anilines is 3. The zero-order chi connectivity index (χ0) is 19.8. The van der Waals surface area contributed by atoms with Crippen LogP contribution in [0, 0.1) is 12.3 Å². The molecule has 29 heavy (non-hydrogen) atoms. The van der Waals surface area contributed by atoms with E-state index >= 15 is 0 Å². The number of terminal acetylenes is 1. The Hall–Kier alpha value is -3.61. The molecule has 1 amide bonds. The summed E-state index contributed by atoms with van der Waals surface area (Å²) in [6.07, 6.45) is 10.5. The van der Waals surface area contributed by atoms with Gasteiger partial charge in [0, 0.05) is 43.9 Å². The van der Waals surface area contributed by atoms with Gasteiger partial charge in [-0.25, -0.2) is 4.68 Å². The Morgan fingerprint density at radius 1 is 1.28 bits per heavy atom. The molecule has 3 aromatic heterocycles. The van der Waals surface area contributed by atoms with E-state index in [1.807, 2.05) is 6.07 Å². The van der Waals surface area contributed by atoms with Gasteiger partial charge in [0.25, 0.3) is 0 Å². The number of hydrogen-bond donors (Lipinski definition) is 2. The van der Waals surface area contributed by atoms with Gasteiger partial charge in [-0.15, -0.1) is 6.42 Å². The van der Waals surface area contributed by atoms with Crippen LogP contribution in [0.4, 0.5) is 17.6 Å². The maximum Gasteiger partial charge on any atom is 0.229 e. The van der Waals surface area contributed by atoms with Crippen LogP contribution in [0.5, 0.6) is 0 Å². The number of carbonyl (C=O) groups is 1. The molecule has 0 radical (unpaired) electrons. The standard InChI is InChI=1S/C19H21N9O/c1-2-5-28-18-14(11-20-28)17(21-16-10-15(24-25-16)13-3-4-13)22-19(23-18)27-8-6-26(12-29)7-9-27/h1,10-13H,3-9H2,(H2,21,22,23,24,25). The molecule has 10 nitrogen and oxygen atoms in total. The predicted molar refractivity (Wildman–Crippen MR) is 108 cm³/mol. The molecule has 0 spiro atoms. The molecule has 0 atom stereocenters. The Balaban J connectivity index is 1.50. The zero-order valence-electron chi connectivity index (χ0n) is 15.9. The van der Waals surface area contributed by atoms with Gasteiger partial charge in [-0.1, -0.05) is 5.92 Å². The van der Waals surface area contributed by atoms with E-state index in [1.165, 1.54) is 12.8 Å². The van der Waals surface area contributed by atoms with Crippen molar-refractivity contribution >= 4 is 35.0 Å². The van der Waals surface area contributed by atoms with Crippen LogP contribution in [0.15, 0.2) is 12.3 Å². The van der Waals surface area contributed by atoms with E-state index in [4.69, 9.17) is 16.4 Å². The Bertz CT molecular complexity index is 1080. The molecule has 0 bridgehead atoms. The van der Waals surface area contributed by atoms with E-state index in [1.54, 1.807) is 15.8 Å². The Morgan fingerprint density at radius 2 is 2.10 bits per heavy atom. The lowest BCUT2D eigenvalue weighted by Gasteiger charge is -2.32. The topological polar surface area (TPSA) is 108 Å². The molecule has 1 saturated heterocycles. The number of aromatic amines is 1. The van der Waals surface area contributed by atoms with Crippen LogP contribution in [0.1, 0.15) is 24.5 Å². The number of amides is 1. The molecule has 4 heterocycles. The minimum absolute atomic E-state index is 0.326. The maximum atomic E-state index is 11.0. The van der Waals surface area contributed by atoms with Crippen molar-refractivity contribution in [1.29, 1.82) is 0 Å². The largest absolute Gasteiger partial charge is 0.342 e. The first-order chi connectivity index (χ1) is 14.2. The molecule has 2 aliphatic rings. The van der Waals surface area contributed by atoms with Crippen molar-refractivity contribution in [3.05, 3.63) is 18.0 Å². The smallest absolute Gasteiger partial charge is 0.229 e. The van der Waals surface area contributed by atoms with Crippen LogP contribution in [0.2, 0.25) is 0 Å². The van der Waals surface area contributed by atoms with Crippen LogP contribution < -0.4 is 10.2 Å². The second-order valence-corrected chi connectivity index (χ2v) is 7.35. The molecule has 3 aromatic rings. The normalized spacial score (nSPS) is 16.8. The van der Waals surface area contributed by atoms with Gasteiger partial charge in [0.15, 0.2) is 11.5 Å². The molecule has 1 saturated carbocycles. The van der Waals surface area contributed by atoms with E-state index in [0.29, 0.717) is 61.9 Å². The summed E-state index contributed by atoms with van der Waals surface area (Å²) < 4.78 is 1.69. The van der Waals surface area contributed by atoms with Crippen LogP contribution in [0.25, 0.3) is 11.0 Å². The summed E-state index contributed by atoms with van der Waals surface area (Å²) in [7, 11) is 0. The molecule has 0 unspecified atom stereocenters. The molecule has 148 valence electrons. The van der Waals surface area contributed by atoms with E-state index in [9.17, 15) is 4.79 Å². The van der Waals surface area contributed by atoms with Gasteiger partial charge in [0.05, 0.1) is 11.6 Å². The van der Waals surface area contributed by atoms with Crippen LogP contribution in [-0.4, -0.2) is 67.4 Å². The minimum atomic E-state index is 0.326. The van der Waals surface area contributed by atoms with Crippen LogP contribution in [-0.2, 0) is 11.3 Å². The van der Waals surface area contributed by atoms with Crippen LogP contribution >= 0.6 is 0 Å². The Morgan fingerprint density at radius 3 is 2.83 bits per heavy atom. The lowest BCUT2D eigenvalue weighted by atomic mass is 10.3. The third kappa shape index (κ3) is 3.35. The summed E-state index contributed by atoms with van der Waals surface area (Å²) in [5, 5.41) is 15.9. The molecule has 10 heteroatoms. The van der Waals surface area contributed by atoms with Crippen LogP contribution in [0.3, 0.4) is 0 Å². The van der Waals surface area contributed by atoms with Gasteiger partial charge in [-0.2, -0.15) is 20.2 Å². The number of H-pyrrole nitrogens is 1. The fraction of sp³-hybridized carbons (Fsp3) is 0.421. The molecule has 0 aromatic carbocycles. The number of rotatable bonds is 6. The molecule has 1 aliphatic carbocycles. The number of nitrogens with one attached hydrogen (secondary N) is 2. The average Bonchev–Trinajstić information content (AvgIpc) is 3.37. The molecule has 5 rings (SSSR count). The predicted octanol–water partition coefficient (Wildman–Crippen LogP) is 1.08. The number of hydrogen-bond acceptors (Lipinski definition) is 7. The number of piperazine rings is 1. The van der Waals surface area contributed by atoms with Crippen molar-refractivity contribution in [1.82, 2.24) is 34.8 Å². The minimum Gasteiger partial charge on any atom is -0.342 e.